The molecule has 1 atom stereocenters. The topological polar surface area (TPSA) is 41.9 Å². The number of aryl methyl sites for hydroxylation is 1. The molecule has 4 heteroatoms. The number of nitrogens with zero attached hydrogens (tertiary/aromatic N) is 3. The fourth-order valence-corrected chi connectivity index (χ4v) is 1.18. The predicted octanol–water partition coefficient (Wildman–Crippen LogP) is 0.351. The number of aliphatic hydroxyl groups is 1. The van der Waals surface area contributed by atoms with Crippen molar-refractivity contribution in [3.05, 3.63) is 12.7 Å². The first-order valence-electron chi connectivity index (χ1n) is 4.85. The molecular weight excluding hydrogens is 166 g/mol. The molecule has 0 fully saturated rings. The molecule has 74 valence electrons. The van der Waals surface area contributed by atoms with Crippen LogP contribution in [0.4, 0.5) is 0 Å². The van der Waals surface area contributed by atoms with E-state index in [2.05, 4.69) is 12.0 Å². The van der Waals surface area contributed by atoms with Crippen molar-refractivity contribution in [1.82, 2.24) is 9.78 Å². The van der Waals surface area contributed by atoms with Gasteiger partial charge in [-0.2, -0.15) is 0 Å². The molecule has 1 heterocycles. The third-order valence-corrected chi connectivity index (χ3v) is 1.98. The zero-order valence-electron chi connectivity index (χ0n) is 8.35. The maximum Gasteiger partial charge on any atom is 0.265 e. The van der Waals surface area contributed by atoms with Crippen molar-refractivity contribution in [1.29, 1.82) is 0 Å². The second-order valence-corrected chi connectivity index (χ2v) is 3.27. The summed E-state index contributed by atoms with van der Waals surface area (Å²) >= 11 is 0. The van der Waals surface area contributed by atoms with E-state index in [9.17, 15) is 5.11 Å². The second-order valence-electron chi connectivity index (χ2n) is 3.27. The lowest BCUT2D eigenvalue weighted by Crippen LogP contribution is -2.30. The van der Waals surface area contributed by atoms with Crippen LogP contribution in [0, 0.1) is 0 Å². The highest BCUT2D eigenvalue weighted by molar-refractivity contribution is 4.54. The quantitative estimate of drug-likeness (QED) is 0.671. The zero-order chi connectivity index (χ0) is 9.68. The molecule has 0 saturated carbocycles. The van der Waals surface area contributed by atoms with Crippen molar-refractivity contribution in [2.24, 2.45) is 0 Å². The first-order valence-corrected chi connectivity index (χ1v) is 4.85. The van der Waals surface area contributed by atoms with Gasteiger partial charge in [-0.25, -0.2) is 4.57 Å². The number of hydrogen-bond acceptors (Lipinski definition) is 2. The van der Waals surface area contributed by atoms with Crippen molar-refractivity contribution >= 4 is 0 Å². The molecule has 0 aliphatic heterocycles. The van der Waals surface area contributed by atoms with Crippen LogP contribution in [0.25, 0.3) is 0 Å². The summed E-state index contributed by atoms with van der Waals surface area (Å²) in [4.78, 5) is 0. The molecule has 0 saturated heterocycles. The van der Waals surface area contributed by atoms with E-state index in [0.29, 0.717) is 6.54 Å². The van der Waals surface area contributed by atoms with E-state index in [1.165, 1.54) is 0 Å². The lowest BCUT2D eigenvalue weighted by atomic mass is 10.3. The minimum atomic E-state index is -0.282. The van der Waals surface area contributed by atoms with Gasteiger partial charge < -0.3 is 5.11 Å². The summed E-state index contributed by atoms with van der Waals surface area (Å²) in [6, 6.07) is 0. The Kier molecular flexibility index (Phi) is 3.89. The number of aliphatic hydroxyl groups excluding tert-OH is 1. The van der Waals surface area contributed by atoms with Crippen LogP contribution in [0.3, 0.4) is 0 Å². The van der Waals surface area contributed by atoms with Crippen LogP contribution in [0.2, 0.25) is 0 Å². The van der Waals surface area contributed by atoms with E-state index >= 15 is 0 Å². The molecule has 4 nitrogen and oxygen atoms in total. The van der Waals surface area contributed by atoms with Crippen LogP contribution in [-0.2, 0) is 13.1 Å². The third-order valence-electron chi connectivity index (χ3n) is 1.98. The Morgan fingerprint density at radius 3 is 2.92 bits per heavy atom. The molecule has 13 heavy (non-hydrogen) atoms. The first-order chi connectivity index (χ1) is 6.26. The third kappa shape index (κ3) is 3.14. The smallest absolute Gasteiger partial charge is 0.265 e. The Balaban J connectivity index is 2.48. The highest BCUT2D eigenvalue weighted by Gasteiger charge is 2.09. The van der Waals surface area contributed by atoms with Gasteiger partial charge in [-0.15, -0.1) is 4.68 Å². The molecule has 0 radical (unpaired) electrons. The van der Waals surface area contributed by atoms with Crippen molar-refractivity contribution < 1.29 is 9.67 Å². The molecular formula is C9H18N3O+. The summed E-state index contributed by atoms with van der Waals surface area (Å²) in [5.74, 6) is 0. The maximum atomic E-state index is 9.38. The van der Waals surface area contributed by atoms with E-state index in [1.54, 1.807) is 11.0 Å². The van der Waals surface area contributed by atoms with Crippen LogP contribution in [0.5, 0.6) is 0 Å². The molecule has 1 N–H and O–H groups in total. The zero-order valence-corrected chi connectivity index (χ0v) is 8.35. The molecule has 0 bridgehead atoms. The van der Waals surface area contributed by atoms with Crippen molar-refractivity contribution in [2.75, 3.05) is 0 Å². The minimum absolute atomic E-state index is 0.282. The summed E-state index contributed by atoms with van der Waals surface area (Å²) in [6.45, 7) is 5.68. The molecule has 1 aromatic heterocycles. The molecule has 0 unspecified atom stereocenters. The van der Waals surface area contributed by atoms with E-state index in [4.69, 9.17) is 0 Å². The fourth-order valence-electron chi connectivity index (χ4n) is 1.18. The Bertz CT molecular complexity index is 247. The average Bonchev–Trinajstić information content (AvgIpc) is 2.53. The lowest BCUT2D eigenvalue weighted by molar-refractivity contribution is -0.697. The van der Waals surface area contributed by atoms with Gasteiger partial charge in [0.1, 0.15) is 6.54 Å². The van der Waals surface area contributed by atoms with Gasteiger partial charge in [0.2, 0.25) is 6.33 Å². The van der Waals surface area contributed by atoms with E-state index in [0.717, 1.165) is 19.4 Å². The van der Waals surface area contributed by atoms with Crippen LogP contribution in [-0.4, -0.2) is 21.0 Å². The van der Waals surface area contributed by atoms with Gasteiger partial charge in [0.15, 0.2) is 0 Å². The average molecular weight is 184 g/mol. The summed E-state index contributed by atoms with van der Waals surface area (Å²) in [5, 5.41) is 13.5. The number of rotatable bonds is 5. The lowest BCUT2D eigenvalue weighted by Gasteiger charge is -2.00. The van der Waals surface area contributed by atoms with Gasteiger partial charge >= 0.3 is 0 Å². The fraction of sp³-hybridized carbons (Fsp3) is 0.778. The summed E-state index contributed by atoms with van der Waals surface area (Å²) in [7, 11) is 0. The molecule has 0 aromatic carbocycles. The first kappa shape index (κ1) is 10.2. The van der Waals surface area contributed by atoms with Gasteiger partial charge in [-0.3, -0.25) is 0 Å². The molecule has 1 aromatic rings. The monoisotopic (exact) mass is 184 g/mol. The van der Waals surface area contributed by atoms with Crippen molar-refractivity contribution in [3.8, 4) is 0 Å². The second kappa shape index (κ2) is 4.97. The minimum Gasteiger partial charge on any atom is -0.390 e. The molecule has 0 amide bonds. The normalized spacial score (nSPS) is 13.2. The standard InChI is InChI=1S/C9H18N3O/c1-3-5-11-7-10-12(8-11)6-9(13)4-2/h7-9,13H,3-6H2,1-2H3/q+1/t9-/m0/s1. The van der Waals surface area contributed by atoms with Gasteiger partial charge in [0.25, 0.3) is 6.33 Å². The number of hydrogen-bond donors (Lipinski definition) is 1. The largest absolute Gasteiger partial charge is 0.390 e. The highest BCUT2D eigenvalue weighted by Crippen LogP contribution is 1.92. The van der Waals surface area contributed by atoms with Crippen LogP contribution < -0.4 is 4.57 Å². The van der Waals surface area contributed by atoms with Gasteiger partial charge in [0.05, 0.1) is 12.6 Å². The van der Waals surface area contributed by atoms with E-state index in [-0.39, 0.29) is 6.10 Å². The predicted molar refractivity (Wildman–Crippen MR) is 49.0 cm³/mol. The van der Waals surface area contributed by atoms with Gasteiger partial charge in [0, 0.05) is 5.10 Å². The Morgan fingerprint density at radius 2 is 2.31 bits per heavy atom. The summed E-state index contributed by atoms with van der Waals surface area (Å²) in [5.41, 5.74) is 0. The Hall–Kier alpha value is -0.900. The van der Waals surface area contributed by atoms with E-state index in [1.807, 2.05) is 17.8 Å². The van der Waals surface area contributed by atoms with Crippen molar-refractivity contribution in [3.63, 3.8) is 0 Å². The summed E-state index contributed by atoms with van der Waals surface area (Å²) in [6.07, 6.45) is 5.32. The van der Waals surface area contributed by atoms with E-state index < -0.39 is 0 Å². The van der Waals surface area contributed by atoms with Crippen LogP contribution >= 0.6 is 0 Å². The summed E-state index contributed by atoms with van der Waals surface area (Å²) < 4.78 is 3.81. The SMILES string of the molecule is CCC[n+]1cnn(C[C@@H](O)CC)c1. The van der Waals surface area contributed by atoms with Crippen molar-refractivity contribution in [2.45, 2.75) is 45.9 Å². The van der Waals surface area contributed by atoms with Crippen LogP contribution in [0.15, 0.2) is 12.7 Å². The van der Waals surface area contributed by atoms with Gasteiger partial charge in [-0.05, 0) is 12.8 Å². The molecule has 0 aliphatic carbocycles. The Morgan fingerprint density at radius 1 is 1.54 bits per heavy atom. The highest BCUT2D eigenvalue weighted by atomic mass is 16.3. The number of aromatic nitrogens is 3. The molecule has 1 rings (SSSR count). The van der Waals surface area contributed by atoms with Gasteiger partial charge in [-0.1, -0.05) is 13.8 Å². The Labute approximate surface area is 78.8 Å². The van der Waals surface area contributed by atoms with Crippen LogP contribution in [0.1, 0.15) is 26.7 Å². The molecule has 0 spiro atoms. The molecule has 0 aliphatic rings. The maximum absolute atomic E-state index is 9.38.